The second-order valence-corrected chi connectivity index (χ2v) is 22.7. The molecule has 3 aliphatic heterocycles. The van der Waals surface area contributed by atoms with Gasteiger partial charge in [-0.25, -0.2) is 19.3 Å². The summed E-state index contributed by atoms with van der Waals surface area (Å²) in [6.07, 6.45) is 21.8. The lowest BCUT2D eigenvalue weighted by molar-refractivity contribution is -0.133. The quantitative estimate of drug-likeness (QED) is 0.0562. The molecule has 9 aromatic rings. The molecule has 2 saturated heterocycles. The van der Waals surface area contributed by atoms with E-state index in [0.717, 1.165) is 168 Å². The zero-order chi connectivity index (χ0) is 66.8. The number of nitrogens with one attached hydrogen (secondary N) is 5. The van der Waals surface area contributed by atoms with Crippen LogP contribution in [0.5, 0.6) is 0 Å². The van der Waals surface area contributed by atoms with Crippen LogP contribution in [-0.2, 0) is 99.4 Å². The Balaban J connectivity index is 0.000000173. The summed E-state index contributed by atoms with van der Waals surface area (Å²) in [7, 11) is 4.97. The normalized spacial score (nSPS) is 14.4. The van der Waals surface area contributed by atoms with Crippen molar-refractivity contribution in [2.45, 2.75) is 90.8 Å². The lowest BCUT2D eigenvalue weighted by atomic mass is 10.1. The maximum atomic E-state index is 13.2. The number of carbonyl (C=O) groups excluding carboxylic acids is 3. The highest BCUT2D eigenvalue weighted by molar-refractivity contribution is 5.77. The monoisotopic (exact) mass is 1310 g/mol. The van der Waals surface area contributed by atoms with E-state index in [0.29, 0.717) is 51.1 Å². The van der Waals surface area contributed by atoms with Crippen molar-refractivity contribution in [3.63, 3.8) is 0 Å². The number of fused-ring (bicyclic) bond motifs is 2. The number of aromatic amines is 4. The summed E-state index contributed by atoms with van der Waals surface area (Å²) in [5.41, 5.74) is 12.4. The molecular weight excluding hydrogens is 1220 g/mol. The molecule has 6 N–H and O–H groups in total. The number of aliphatic hydroxyl groups excluding tert-OH is 1. The molecule has 0 saturated carbocycles. The third kappa shape index (κ3) is 24.4. The summed E-state index contributed by atoms with van der Waals surface area (Å²) in [6, 6.07) is 18.3. The number of carbonyl (C=O) groups is 3. The van der Waals surface area contributed by atoms with Gasteiger partial charge in [-0.05, 0) is 54.3 Å². The van der Waals surface area contributed by atoms with Crippen LogP contribution in [0.4, 0.5) is 5.95 Å². The van der Waals surface area contributed by atoms with Gasteiger partial charge in [0.2, 0.25) is 23.7 Å². The van der Waals surface area contributed by atoms with E-state index in [1.54, 1.807) is 57.0 Å². The van der Waals surface area contributed by atoms with Gasteiger partial charge in [0, 0.05) is 216 Å². The number of morpholine rings is 2. The topological polar surface area (TPSA) is 346 Å². The average Bonchev–Trinajstić information content (AvgIpc) is 1.73. The maximum absolute atomic E-state index is 13.2. The Hall–Kier alpha value is -9.01. The fourth-order valence-corrected chi connectivity index (χ4v) is 10.5. The van der Waals surface area contributed by atoms with E-state index < -0.39 is 0 Å². The van der Waals surface area contributed by atoms with Gasteiger partial charge in [0.25, 0.3) is 0 Å². The van der Waals surface area contributed by atoms with Crippen molar-refractivity contribution in [3.05, 3.63) is 161 Å². The Morgan fingerprint density at radius 3 is 1.64 bits per heavy atom. The van der Waals surface area contributed by atoms with Crippen molar-refractivity contribution in [3.8, 4) is 11.1 Å². The minimum absolute atomic E-state index is 0.0146. The summed E-state index contributed by atoms with van der Waals surface area (Å²) < 4.78 is 29.8. The van der Waals surface area contributed by atoms with E-state index in [2.05, 4.69) is 106 Å². The number of ether oxygens (including phenoxy) is 5. The smallest absolute Gasteiger partial charge is 0.244 e. The van der Waals surface area contributed by atoms with Gasteiger partial charge >= 0.3 is 0 Å². The van der Waals surface area contributed by atoms with Gasteiger partial charge in [-0.15, -0.1) is 0 Å². The van der Waals surface area contributed by atoms with Gasteiger partial charge in [0.15, 0.2) is 0 Å². The van der Waals surface area contributed by atoms with Gasteiger partial charge in [0.05, 0.1) is 75.6 Å². The Bertz CT molecular complexity index is 3490. The number of methoxy groups -OCH3 is 3. The number of hydrogen-bond acceptors (Lipinski definition) is 22. The summed E-state index contributed by atoms with van der Waals surface area (Å²) >= 11 is 0. The molecule has 30 heteroatoms. The first kappa shape index (κ1) is 71.8. The van der Waals surface area contributed by atoms with Gasteiger partial charge in [0.1, 0.15) is 12.2 Å². The van der Waals surface area contributed by atoms with E-state index in [1.165, 1.54) is 40.0 Å². The predicted molar refractivity (Wildman–Crippen MR) is 352 cm³/mol. The molecule has 0 bridgehead atoms. The number of aliphatic hydroxyl groups is 1. The standard InChI is InChI=1S/C29H34N10O2.C9H15N3O.2C8H12N2O2.C6H10N2O.C5H8N2O/c40-28(38-8-6-26-27(18-38)34-36-33-26)19-39-17-24(25(35-39)5-7-37-9-11-41-12-10-37)22-15-30-29(31-16-22)32-23-13-20-3-1-2-4-21(20)14-23;1-3-10-11-9(1)2-4-12-5-7-13-8-6-12;2*1-7(11)10-5-3-8(9-10)4-6-12-2;1-9-5-3-6-2-4-7-8-6;8-4-2-5-1-3-6-7-5/h1-4,15-17,23H,5-14,18-19H2,(H,30,31,32)(H,33,34,36);1,3H,2,4-8H2,(H,10,11);2*3,5H,4,6H2,1-2H3;2,4H,3,5H2,1H3,(H,7,8);1,3,8H,2,4H2,(H,6,7). The van der Waals surface area contributed by atoms with Crippen molar-refractivity contribution < 1.29 is 43.2 Å². The second kappa shape index (κ2) is 39.6. The average molecular weight is 1310 g/mol. The number of amides is 1. The highest BCUT2D eigenvalue weighted by atomic mass is 16.5. The molecule has 0 unspecified atom stereocenters. The van der Waals surface area contributed by atoms with Crippen molar-refractivity contribution in [2.75, 3.05) is 125 Å². The van der Waals surface area contributed by atoms with Crippen molar-refractivity contribution in [1.82, 2.24) is 100 Å². The first-order valence-corrected chi connectivity index (χ1v) is 32.1. The lowest BCUT2D eigenvalue weighted by Crippen LogP contribution is -2.38. The largest absolute Gasteiger partial charge is 0.396 e. The second-order valence-electron chi connectivity index (χ2n) is 22.7. The predicted octanol–water partition coefficient (Wildman–Crippen LogP) is 3.79. The summed E-state index contributed by atoms with van der Waals surface area (Å²) in [6.45, 7) is 15.6. The molecule has 2 fully saturated rings. The van der Waals surface area contributed by atoms with E-state index in [9.17, 15) is 14.4 Å². The maximum Gasteiger partial charge on any atom is 0.244 e. The number of anilines is 1. The molecule has 1 amide bonds. The van der Waals surface area contributed by atoms with Crippen LogP contribution in [0.1, 0.15) is 80.1 Å². The molecule has 1 aliphatic carbocycles. The Kier molecular flexibility index (Phi) is 30.0. The molecule has 95 heavy (non-hydrogen) atoms. The molecule has 510 valence electrons. The molecule has 30 nitrogen and oxygen atoms in total. The summed E-state index contributed by atoms with van der Waals surface area (Å²) in [4.78, 5) is 50.8. The molecule has 11 heterocycles. The molecule has 0 radical (unpaired) electrons. The van der Waals surface area contributed by atoms with E-state index >= 15 is 0 Å². The number of rotatable bonds is 22. The highest BCUT2D eigenvalue weighted by Crippen LogP contribution is 2.26. The number of hydrogen-bond donors (Lipinski definition) is 6. The van der Waals surface area contributed by atoms with Gasteiger partial charge < -0.3 is 39.0 Å². The fourth-order valence-electron chi connectivity index (χ4n) is 10.5. The summed E-state index contributed by atoms with van der Waals surface area (Å²) in [5, 5.41) is 55.8. The van der Waals surface area contributed by atoms with E-state index in [-0.39, 0.29) is 30.9 Å². The zero-order valence-electron chi connectivity index (χ0n) is 55.1. The van der Waals surface area contributed by atoms with Gasteiger partial charge in [-0.3, -0.25) is 44.2 Å². The fraction of sp³-hybridized carbons (Fsp3) is 0.492. The minimum atomic E-state index is -0.0707. The first-order valence-electron chi connectivity index (χ1n) is 32.1. The van der Waals surface area contributed by atoms with Crippen LogP contribution in [-0.4, -0.2) is 249 Å². The first-order chi connectivity index (χ1) is 46.5. The molecule has 4 aliphatic rings. The number of benzene rings is 1. The minimum Gasteiger partial charge on any atom is -0.396 e. The van der Waals surface area contributed by atoms with Gasteiger partial charge in [-0.1, -0.05) is 24.3 Å². The van der Waals surface area contributed by atoms with Crippen LogP contribution < -0.4 is 5.32 Å². The molecule has 0 spiro atoms. The molecule has 13 rings (SSSR count). The molecule has 0 atom stereocenters. The number of H-pyrrole nitrogens is 4. The van der Waals surface area contributed by atoms with Crippen molar-refractivity contribution in [1.29, 1.82) is 0 Å². The highest BCUT2D eigenvalue weighted by Gasteiger charge is 2.26. The Morgan fingerprint density at radius 2 is 1.14 bits per heavy atom. The van der Waals surface area contributed by atoms with Crippen molar-refractivity contribution in [2.24, 2.45) is 0 Å². The Labute approximate surface area is 552 Å². The van der Waals surface area contributed by atoms with Gasteiger partial charge in [-0.2, -0.15) is 46.0 Å². The molecular formula is C65H91N21O9. The van der Waals surface area contributed by atoms with Crippen LogP contribution in [0.2, 0.25) is 0 Å². The SMILES string of the molecule is COCCc1ccn(C(C)=O)n1.COCCc1ccn(C(C)=O)n1.COCCc1ccn[nH]1.O=C(Cn1cc(-c2cnc(NC3Cc4ccccc4C3)nc2)c(CCN2CCOCC2)n1)N1CCc2n[nH]nc2C1.OCCc1ccn[nH]1.c1cc(CCN2CCOCC2)[nH]n1. The summed E-state index contributed by atoms with van der Waals surface area (Å²) in [5.74, 6) is 0.499. The molecule has 8 aromatic heterocycles. The van der Waals surface area contributed by atoms with Crippen LogP contribution in [0.3, 0.4) is 0 Å². The number of aromatic nitrogens is 17. The lowest BCUT2D eigenvalue weighted by Gasteiger charge is -2.26. The van der Waals surface area contributed by atoms with Crippen molar-refractivity contribution >= 4 is 23.7 Å². The van der Waals surface area contributed by atoms with Crippen LogP contribution in [0.15, 0.2) is 104 Å². The third-order valence-electron chi connectivity index (χ3n) is 15.8. The van der Waals surface area contributed by atoms with Crippen LogP contribution in [0, 0.1) is 0 Å². The van der Waals surface area contributed by atoms with E-state index in [1.807, 2.05) is 53.8 Å². The number of nitrogens with zero attached hydrogens (tertiary/aromatic N) is 16. The Morgan fingerprint density at radius 1 is 0.621 bits per heavy atom. The molecule has 1 aromatic carbocycles. The van der Waals surface area contributed by atoms with Crippen LogP contribution >= 0.6 is 0 Å². The zero-order valence-corrected chi connectivity index (χ0v) is 55.1. The third-order valence-corrected chi connectivity index (χ3v) is 15.8. The van der Waals surface area contributed by atoms with E-state index in [4.69, 9.17) is 33.9 Å². The van der Waals surface area contributed by atoms with Crippen LogP contribution in [0.25, 0.3) is 11.1 Å².